The summed E-state index contributed by atoms with van der Waals surface area (Å²) < 4.78 is 2.29. The molecule has 2 heteroatoms. The Morgan fingerprint density at radius 3 is 1.51 bits per heavy atom. The van der Waals surface area contributed by atoms with E-state index in [0.29, 0.717) is 0 Å². The van der Waals surface area contributed by atoms with Gasteiger partial charge in [-0.15, -0.1) is 0 Å². The van der Waals surface area contributed by atoms with Gasteiger partial charge in [0.15, 0.2) is 0 Å². The lowest BCUT2D eigenvalue weighted by Crippen LogP contribution is -1.98. The van der Waals surface area contributed by atoms with Gasteiger partial charge in [-0.3, -0.25) is 4.57 Å². The third-order valence-electron chi connectivity index (χ3n) is 10.4. The average molecular weight is 675 g/mol. The smallest absolute Gasteiger partial charge is 0.145 e. The molecule has 0 aliphatic heterocycles. The highest BCUT2D eigenvalue weighted by Crippen LogP contribution is 2.46. The van der Waals surface area contributed by atoms with Crippen molar-refractivity contribution in [3.05, 3.63) is 206 Å². The van der Waals surface area contributed by atoms with Crippen LogP contribution in [0.4, 0.5) is 0 Å². The standard InChI is InChI=1S/C51H34N2/c1-3-16-35(17-4-1)38-20-15-21-39(34-38)51-52-47-28-13-14-29-48(47)53(51)40-32-30-37(31-33-40)49-43-24-9-11-26-45(43)50(46-27-12-10-25-44(46)49)42-23-8-7-22-41(42)36-18-5-2-6-19-36/h1-34H. The van der Waals surface area contributed by atoms with Crippen LogP contribution in [0.2, 0.25) is 0 Å². The molecule has 2 nitrogen and oxygen atoms in total. The second kappa shape index (κ2) is 12.9. The van der Waals surface area contributed by atoms with Gasteiger partial charge in [-0.05, 0) is 96.4 Å². The molecule has 0 fully saturated rings. The number of imidazole rings is 1. The number of aromatic nitrogens is 2. The van der Waals surface area contributed by atoms with Crippen molar-refractivity contribution < 1.29 is 0 Å². The van der Waals surface area contributed by atoms with Crippen molar-refractivity contribution in [1.29, 1.82) is 0 Å². The minimum atomic E-state index is 0.925. The van der Waals surface area contributed by atoms with Crippen LogP contribution in [-0.2, 0) is 0 Å². The van der Waals surface area contributed by atoms with Crippen LogP contribution in [-0.4, -0.2) is 9.55 Å². The second-order valence-electron chi connectivity index (χ2n) is 13.5. The summed E-state index contributed by atoms with van der Waals surface area (Å²) in [5, 5.41) is 4.97. The number of benzene rings is 9. The molecule has 0 saturated heterocycles. The molecule has 10 rings (SSSR count). The molecule has 0 spiro atoms. The summed E-state index contributed by atoms with van der Waals surface area (Å²) in [7, 11) is 0. The first-order valence-electron chi connectivity index (χ1n) is 18.1. The minimum Gasteiger partial charge on any atom is -0.292 e. The van der Waals surface area contributed by atoms with Crippen molar-refractivity contribution in [1.82, 2.24) is 9.55 Å². The molecule has 0 saturated carbocycles. The molecule has 0 aliphatic rings. The lowest BCUT2D eigenvalue weighted by atomic mass is 9.84. The van der Waals surface area contributed by atoms with Gasteiger partial charge in [0, 0.05) is 11.3 Å². The highest BCUT2D eigenvalue weighted by atomic mass is 15.1. The fourth-order valence-electron chi connectivity index (χ4n) is 8.03. The van der Waals surface area contributed by atoms with E-state index in [0.717, 1.165) is 28.1 Å². The van der Waals surface area contributed by atoms with Gasteiger partial charge in [-0.25, -0.2) is 4.98 Å². The third kappa shape index (κ3) is 5.32. The van der Waals surface area contributed by atoms with E-state index in [1.165, 1.54) is 66.1 Å². The number of hydrogen-bond donors (Lipinski definition) is 0. The van der Waals surface area contributed by atoms with Crippen LogP contribution in [0.5, 0.6) is 0 Å². The largest absolute Gasteiger partial charge is 0.292 e. The number of hydrogen-bond acceptors (Lipinski definition) is 1. The molecule has 0 atom stereocenters. The van der Waals surface area contributed by atoms with Crippen molar-refractivity contribution in [3.8, 4) is 61.6 Å². The Kier molecular flexibility index (Phi) is 7.51. The van der Waals surface area contributed by atoms with Crippen LogP contribution in [0.25, 0.3) is 94.2 Å². The first kappa shape index (κ1) is 30.8. The Morgan fingerprint density at radius 1 is 0.321 bits per heavy atom. The van der Waals surface area contributed by atoms with E-state index < -0.39 is 0 Å². The van der Waals surface area contributed by atoms with Gasteiger partial charge < -0.3 is 0 Å². The van der Waals surface area contributed by atoms with Crippen molar-refractivity contribution in [3.63, 3.8) is 0 Å². The van der Waals surface area contributed by atoms with Crippen LogP contribution in [0.3, 0.4) is 0 Å². The quantitative estimate of drug-likeness (QED) is 0.161. The van der Waals surface area contributed by atoms with E-state index in [1.807, 2.05) is 0 Å². The van der Waals surface area contributed by atoms with Crippen LogP contribution in [0.15, 0.2) is 206 Å². The number of rotatable bonds is 6. The van der Waals surface area contributed by atoms with Gasteiger partial charge >= 0.3 is 0 Å². The van der Waals surface area contributed by atoms with Crippen molar-refractivity contribution >= 4 is 32.6 Å². The van der Waals surface area contributed by atoms with Gasteiger partial charge in [0.1, 0.15) is 5.82 Å². The molecule has 0 radical (unpaired) electrons. The SMILES string of the molecule is c1ccc(-c2cccc(-c3nc4ccccc4n3-c3ccc(-c4c5ccccc5c(-c5ccccc5-c5ccccc5)c5ccccc45)cc3)c2)cc1. The van der Waals surface area contributed by atoms with Crippen molar-refractivity contribution in [2.24, 2.45) is 0 Å². The monoisotopic (exact) mass is 674 g/mol. The molecule has 10 aromatic rings. The Morgan fingerprint density at radius 2 is 0.830 bits per heavy atom. The second-order valence-corrected chi connectivity index (χ2v) is 13.5. The maximum Gasteiger partial charge on any atom is 0.145 e. The first-order chi connectivity index (χ1) is 26.3. The van der Waals surface area contributed by atoms with E-state index in [1.54, 1.807) is 0 Å². The predicted molar refractivity (Wildman–Crippen MR) is 223 cm³/mol. The van der Waals surface area contributed by atoms with E-state index in [9.17, 15) is 0 Å². The van der Waals surface area contributed by atoms with Gasteiger partial charge in [-0.2, -0.15) is 0 Å². The van der Waals surface area contributed by atoms with E-state index in [2.05, 4.69) is 211 Å². The summed E-state index contributed by atoms with van der Waals surface area (Å²) in [6.45, 7) is 0. The van der Waals surface area contributed by atoms with Crippen LogP contribution >= 0.6 is 0 Å². The number of fused-ring (bicyclic) bond motifs is 3. The lowest BCUT2D eigenvalue weighted by Gasteiger charge is -2.20. The number of para-hydroxylation sites is 2. The molecular weight excluding hydrogens is 641 g/mol. The Labute approximate surface area is 308 Å². The average Bonchev–Trinajstić information content (AvgIpc) is 3.63. The zero-order valence-corrected chi connectivity index (χ0v) is 29.0. The van der Waals surface area contributed by atoms with Crippen molar-refractivity contribution in [2.45, 2.75) is 0 Å². The summed E-state index contributed by atoms with van der Waals surface area (Å²) in [4.78, 5) is 5.19. The lowest BCUT2D eigenvalue weighted by molar-refractivity contribution is 1.10. The predicted octanol–water partition coefficient (Wildman–Crippen LogP) is 13.7. The van der Waals surface area contributed by atoms with E-state index in [-0.39, 0.29) is 0 Å². The highest BCUT2D eigenvalue weighted by molar-refractivity contribution is 6.22. The summed E-state index contributed by atoms with van der Waals surface area (Å²) in [5.74, 6) is 0.925. The Balaban J connectivity index is 1.15. The molecule has 248 valence electrons. The van der Waals surface area contributed by atoms with Gasteiger partial charge in [-0.1, -0.05) is 176 Å². The molecule has 0 bridgehead atoms. The maximum atomic E-state index is 5.19. The zero-order valence-electron chi connectivity index (χ0n) is 29.0. The Hall–Kier alpha value is -7.03. The van der Waals surface area contributed by atoms with Crippen molar-refractivity contribution in [2.75, 3.05) is 0 Å². The molecule has 1 heterocycles. The maximum absolute atomic E-state index is 5.19. The molecule has 0 N–H and O–H groups in total. The minimum absolute atomic E-state index is 0.925. The first-order valence-corrected chi connectivity index (χ1v) is 18.1. The van der Waals surface area contributed by atoms with Gasteiger partial charge in [0.05, 0.1) is 11.0 Å². The fraction of sp³-hybridized carbons (Fsp3) is 0. The fourth-order valence-corrected chi connectivity index (χ4v) is 8.03. The highest BCUT2D eigenvalue weighted by Gasteiger charge is 2.20. The Bertz CT molecular complexity index is 2860. The third-order valence-corrected chi connectivity index (χ3v) is 10.4. The molecule has 0 aliphatic carbocycles. The van der Waals surface area contributed by atoms with E-state index >= 15 is 0 Å². The van der Waals surface area contributed by atoms with Crippen LogP contribution in [0.1, 0.15) is 0 Å². The molecule has 0 amide bonds. The topological polar surface area (TPSA) is 17.8 Å². The van der Waals surface area contributed by atoms with Crippen LogP contribution in [0, 0.1) is 0 Å². The normalized spacial score (nSPS) is 11.4. The van der Waals surface area contributed by atoms with Crippen LogP contribution < -0.4 is 0 Å². The van der Waals surface area contributed by atoms with Gasteiger partial charge in [0.2, 0.25) is 0 Å². The summed E-state index contributed by atoms with van der Waals surface area (Å²) in [5.41, 5.74) is 14.0. The molecule has 53 heavy (non-hydrogen) atoms. The zero-order chi connectivity index (χ0) is 35.1. The molecule has 0 unspecified atom stereocenters. The molecule has 1 aromatic heterocycles. The molecule has 9 aromatic carbocycles. The molecular formula is C51H34N2. The van der Waals surface area contributed by atoms with E-state index in [4.69, 9.17) is 4.98 Å². The van der Waals surface area contributed by atoms with Gasteiger partial charge in [0.25, 0.3) is 0 Å². The summed E-state index contributed by atoms with van der Waals surface area (Å²) in [6.07, 6.45) is 0. The summed E-state index contributed by atoms with van der Waals surface area (Å²) >= 11 is 0. The number of nitrogens with zero attached hydrogens (tertiary/aromatic N) is 2. The summed E-state index contributed by atoms with van der Waals surface area (Å²) in [6, 6.07) is 74.0.